The van der Waals surface area contributed by atoms with Crippen LogP contribution in [0, 0.1) is 0 Å². The number of nitrogens with one attached hydrogen (secondary N) is 1. The summed E-state index contributed by atoms with van der Waals surface area (Å²) in [5.74, 6) is 0.707. The Bertz CT molecular complexity index is 554. The Kier molecular flexibility index (Phi) is 4.65. The highest BCUT2D eigenvalue weighted by Gasteiger charge is 2.35. The molecule has 122 valence electrons. The summed E-state index contributed by atoms with van der Waals surface area (Å²) in [6.07, 6.45) is -4.38. The Hall–Kier alpha value is -1.37. The van der Waals surface area contributed by atoms with Crippen LogP contribution in [0.2, 0.25) is 0 Å². The lowest BCUT2D eigenvalue weighted by molar-refractivity contribution is -0.137. The molecule has 0 aliphatic carbocycles. The van der Waals surface area contributed by atoms with E-state index in [-0.39, 0.29) is 16.9 Å². The summed E-state index contributed by atoms with van der Waals surface area (Å²) in [5.41, 5.74) is -0.571. The van der Waals surface area contributed by atoms with Crippen LogP contribution in [0.3, 0.4) is 0 Å². The van der Waals surface area contributed by atoms with E-state index >= 15 is 0 Å². The van der Waals surface area contributed by atoms with Gasteiger partial charge in [0.05, 0.1) is 5.56 Å². The minimum absolute atomic E-state index is 0.250. The van der Waals surface area contributed by atoms with Crippen molar-refractivity contribution >= 4 is 17.8 Å². The number of carbonyl (C=O) groups excluding carboxylic acids is 1. The zero-order valence-electron chi connectivity index (χ0n) is 12.7. The van der Waals surface area contributed by atoms with Gasteiger partial charge in [-0.05, 0) is 38.5 Å². The van der Waals surface area contributed by atoms with Crippen LogP contribution in [0.1, 0.15) is 37.3 Å². The van der Waals surface area contributed by atoms with Crippen molar-refractivity contribution in [2.45, 2.75) is 37.9 Å². The van der Waals surface area contributed by atoms with Crippen LogP contribution in [0.5, 0.6) is 0 Å². The van der Waals surface area contributed by atoms with E-state index in [9.17, 15) is 18.0 Å². The third kappa shape index (κ3) is 4.09. The molecule has 7 heteroatoms. The van der Waals surface area contributed by atoms with Gasteiger partial charge in [0.15, 0.2) is 0 Å². The quantitative estimate of drug-likeness (QED) is 0.833. The fourth-order valence-corrected chi connectivity index (χ4v) is 3.46. The van der Waals surface area contributed by atoms with Crippen molar-refractivity contribution in [3.8, 4) is 0 Å². The molecule has 1 aromatic carbocycles. The molecule has 0 spiro atoms. The van der Waals surface area contributed by atoms with Crippen LogP contribution in [0.25, 0.3) is 0 Å². The molecule has 22 heavy (non-hydrogen) atoms. The largest absolute Gasteiger partial charge is 0.416 e. The minimum Gasteiger partial charge on any atom is -0.333 e. The molecular formula is C15H19F3N2OS. The highest BCUT2D eigenvalue weighted by molar-refractivity contribution is 7.99. The zero-order chi connectivity index (χ0) is 16.5. The van der Waals surface area contributed by atoms with Gasteiger partial charge in [-0.25, -0.2) is 4.79 Å². The number of carbonyl (C=O) groups is 1. The van der Waals surface area contributed by atoms with Gasteiger partial charge in [0.1, 0.15) is 5.37 Å². The molecule has 1 aliphatic heterocycles. The molecule has 1 atom stereocenters. The normalized spacial score (nSPS) is 19.4. The lowest BCUT2D eigenvalue weighted by atomic mass is 10.1. The van der Waals surface area contributed by atoms with Gasteiger partial charge in [0.2, 0.25) is 0 Å². The second kappa shape index (κ2) is 6.02. The van der Waals surface area contributed by atoms with Crippen molar-refractivity contribution in [1.82, 2.24) is 10.2 Å². The molecule has 0 bridgehead atoms. The number of urea groups is 1. The first-order valence-corrected chi connectivity index (χ1v) is 8.00. The number of hydrogen-bond donors (Lipinski definition) is 1. The van der Waals surface area contributed by atoms with Gasteiger partial charge in [-0.15, -0.1) is 11.8 Å². The average molecular weight is 332 g/mol. The van der Waals surface area contributed by atoms with Gasteiger partial charge in [0, 0.05) is 17.8 Å². The molecule has 1 heterocycles. The Morgan fingerprint density at radius 2 is 2.00 bits per heavy atom. The summed E-state index contributed by atoms with van der Waals surface area (Å²) in [4.78, 5) is 13.9. The van der Waals surface area contributed by atoms with E-state index in [1.807, 2.05) is 20.8 Å². The highest BCUT2D eigenvalue weighted by Crippen LogP contribution is 2.40. The molecule has 3 nitrogen and oxygen atoms in total. The monoisotopic (exact) mass is 332 g/mol. The van der Waals surface area contributed by atoms with Crippen LogP contribution < -0.4 is 5.32 Å². The first-order chi connectivity index (χ1) is 10.1. The molecule has 1 saturated heterocycles. The second-order valence-corrected chi connectivity index (χ2v) is 7.41. The molecule has 0 saturated carbocycles. The number of alkyl halides is 3. The third-order valence-electron chi connectivity index (χ3n) is 3.13. The first-order valence-electron chi connectivity index (χ1n) is 6.95. The molecule has 1 aromatic rings. The Morgan fingerprint density at radius 1 is 1.32 bits per heavy atom. The van der Waals surface area contributed by atoms with E-state index in [4.69, 9.17) is 0 Å². The lowest BCUT2D eigenvalue weighted by Gasteiger charge is -2.29. The molecule has 2 amide bonds. The summed E-state index contributed by atoms with van der Waals surface area (Å²) < 4.78 is 38.5. The number of halogens is 3. The number of thioether (sulfide) groups is 1. The first kappa shape index (κ1) is 17.0. The van der Waals surface area contributed by atoms with E-state index in [2.05, 4.69) is 5.32 Å². The third-order valence-corrected chi connectivity index (χ3v) is 4.39. The van der Waals surface area contributed by atoms with Crippen molar-refractivity contribution in [3.63, 3.8) is 0 Å². The van der Waals surface area contributed by atoms with E-state index in [1.54, 1.807) is 11.0 Å². The molecule has 0 unspecified atom stereocenters. The number of benzene rings is 1. The van der Waals surface area contributed by atoms with Gasteiger partial charge < -0.3 is 10.2 Å². The van der Waals surface area contributed by atoms with Crippen LogP contribution >= 0.6 is 11.8 Å². The average Bonchev–Trinajstić information content (AvgIpc) is 2.85. The topological polar surface area (TPSA) is 32.3 Å². The molecule has 1 aliphatic rings. The summed E-state index contributed by atoms with van der Waals surface area (Å²) in [7, 11) is 0. The second-order valence-electron chi connectivity index (χ2n) is 6.22. The number of rotatable bonds is 1. The molecule has 0 radical (unpaired) electrons. The van der Waals surface area contributed by atoms with Gasteiger partial charge in [-0.2, -0.15) is 13.2 Å². The summed E-state index contributed by atoms with van der Waals surface area (Å²) in [6.45, 7) is 6.13. The van der Waals surface area contributed by atoms with Gasteiger partial charge in [-0.3, -0.25) is 0 Å². The fraction of sp³-hybridized carbons (Fsp3) is 0.533. The van der Waals surface area contributed by atoms with Crippen LogP contribution in [-0.2, 0) is 6.18 Å². The molecule has 2 rings (SSSR count). The Labute approximate surface area is 132 Å². The summed E-state index contributed by atoms with van der Waals surface area (Å²) in [5, 5.41) is 2.47. The highest BCUT2D eigenvalue weighted by atomic mass is 32.2. The molecule has 1 N–H and O–H groups in total. The smallest absolute Gasteiger partial charge is 0.333 e. The van der Waals surface area contributed by atoms with Crippen molar-refractivity contribution < 1.29 is 18.0 Å². The predicted octanol–water partition coefficient (Wildman–Crippen LogP) is 4.26. The van der Waals surface area contributed by atoms with Gasteiger partial charge >= 0.3 is 12.2 Å². The van der Waals surface area contributed by atoms with E-state index in [0.29, 0.717) is 17.9 Å². The van der Waals surface area contributed by atoms with Crippen molar-refractivity contribution in [2.75, 3.05) is 12.3 Å². The van der Waals surface area contributed by atoms with Gasteiger partial charge in [-0.1, -0.05) is 12.1 Å². The van der Waals surface area contributed by atoms with E-state index in [1.165, 1.54) is 17.8 Å². The van der Waals surface area contributed by atoms with Crippen LogP contribution in [-0.4, -0.2) is 28.8 Å². The van der Waals surface area contributed by atoms with Gasteiger partial charge in [0.25, 0.3) is 0 Å². The van der Waals surface area contributed by atoms with Crippen LogP contribution in [0.4, 0.5) is 18.0 Å². The minimum atomic E-state index is -4.38. The summed E-state index contributed by atoms with van der Waals surface area (Å²) >= 11 is 1.47. The van der Waals surface area contributed by atoms with Crippen molar-refractivity contribution in [3.05, 3.63) is 35.4 Å². The SMILES string of the molecule is CC(C)(C)NC(=O)N1CCS[C@H]1c1cccc(C(F)(F)F)c1. The molecule has 1 fully saturated rings. The van der Waals surface area contributed by atoms with E-state index < -0.39 is 11.7 Å². The van der Waals surface area contributed by atoms with Crippen molar-refractivity contribution in [2.24, 2.45) is 0 Å². The Morgan fingerprint density at radius 3 is 2.59 bits per heavy atom. The Balaban J connectivity index is 2.22. The van der Waals surface area contributed by atoms with Crippen molar-refractivity contribution in [1.29, 1.82) is 0 Å². The molecular weight excluding hydrogens is 313 g/mol. The maximum atomic E-state index is 12.8. The number of nitrogens with zero attached hydrogens (tertiary/aromatic N) is 1. The fourth-order valence-electron chi connectivity index (χ4n) is 2.22. The standard InChI is InChI=1S/C15H19F3N2OS/c1-14(2,3)19-13(21)20-7-8-22-12(20)10-5-4-6-11(9-10)15(16,17)18/h4-6,9,12H,7-8H2,1-3H3,(H,19,21)/t12-/m0/s1. The maximum absolute atomic E-state index is 12.8. The van der Waals surface area contributed by atoms with E-state index in [0.717, 1.165) is 12.1 Å². The van der Waals surface area contributed by atoms with Crippen LogP contribution in [0.15, 0.2) is 24.3 Å². The molecule has 0 aromatic heterocycles. The number of hydrogen-bond acceptors (Lipinski definition) is 2. The zero-order valence-corrected chi connectivity index (χ0v) is 13.5. The lowest BCUT2D eigenvalue weighted by Crippen LogP contribution is -2.48. The predicted molar refractivity (Wildman–Crippen MR) is 81.6 cm³/mol. The maximum Gasteiger partial charge on any atom is 0.416 e. The summed E-state index contributed by atoms with van der Waals surface area (Å²) in [6, 6.07) is 4.94. The number of amides is 2.